The molecule has 2 atom stereocenters. The van der Waals surface area contributed by atoms with Crippen LogP contribution in [0.1, 0.15) is 52.2 Å². The van der Waals surface area contributed by atoms with Gasteiger partial charge in [-0.15, -0.1) is 0 Å². The first-order valence-corrected chi connectivity index (χ1v) is 8.72. The molecule has 1 saturated carbocycles. The van der Waals surface area contributed by atoms with Gasteiger partial charge in [-0.25, -0.2) is 0 Å². The molecule has 0 aliphatic heterocycles. The Hall–Kier alpha value is -2.51. The van der Waals surface area contributed by atoms with E-state index in [4.69, 9.17) is 0 Å². The van der Waals surface area contributed by atoms with E-state index < -0.39 is 46.9 Å². The lowest BCUT2D eigenvalue weighted by molar-refractivity contribution is -0.139. The summed E-state index contributed by atoms with van der Waals surface area (Å²) >= 11 is 0. The number of hydrogen-bond acceptors (Lipinski definition) is 1. The molecule has 0 bridgehead atoms. The molecule has 1 N–H and O–H groups in total. The van der Waals surface area contributed by atoms with Crippen molar-refractivity contribution in [2.45, 2.75) is 43.6 Å². The number of rotatable bonds is 3. The Morgan fingerprint density at radius 2 is 1.39 bits per heavy atom. The molecule has 0 aromatic heterocycles. The van der Waals surface area contributed by atoms with E-state index in [0.717, 1.165) is 18.2 Å². The van der Waals surface area contributed by atoms with Gasteiger partial charge in [-0.2, -0.15) is 26.3 Å². The number of benzene rings is 2. The number of alkyl halides is 6. The average Bonchev–Trinajstić information content (AvgIpc) is 3.08. The van der Waals surface area contributed by atoms with Gasteiger partial charge in [0.25, 0.3) is 5.91 Å². The summed E-state index contributed by atoms with van der Waals surface area (Å²) in [7, 11) is 0. The first kappa shape index (κ1) is 20.2. The van der Waals surface area contributed by atoms with Gasteiger partial charge in [-0.1, -0.05) is 36.8 Å². The van der Waals surface area contributed by atoms with E-state index in [2.05, 4.69) is 5.32 Å². The van der Waals surface area contributed by atoms with Crippen LogP contribution < -0.4 is 5.32 Å². The van der Waals surface area contributed by atoms with Crippen molar-refractivity contribution in [1.29, 1.82) is 0 Å². The minimum Gasteiger partial charge on any atom is -0.349 e. The summed E-state index contributed by atoms with van der Waals surface area (Å²) in [6.45, 7) is 0. The maximum absolute atomic E-state index is 13.3. The van der Waals surface area contributed by atoms with Gasteiger partial charge in [-0.05, 0) is 36.6 Å². The fourth-order valence-corrected chi connectivity index (χ4v) is 3.76. The fraction of sp³-hybridized carbons (Fsp3) is 0.350. The van der Waals surface area contributed by atoms with Crippen LogP contribution in [0.4, 0.5) is 26.3 Å². The standard InChI is InChI=1S/C20H17F6NO/c21-19(22,23)15-9-3-1-6-12(15)13-8-5-11-17(13)27-18(28)14-7-2-4-10-16(14)20(24,25)26/h1-4,6-7,9-10,13,17H,5,8,11H2,(H,27,28)/t13-,17-/m1/s1. The molecule has 1 aliphatic carbocycles. The van der Waals surface area contributed by atoms with E-state index in [9.17, 15) is 31.1 Å². The van der Waals surface area contributed by atoms with Crippen LogP contribution >= 0.6 is 0 Å². The van der Waals surface area contributed by atoms with Crippen molar-refractivity contribution < 1.29 is 31.1 Å². The van der Waals surface area contributed by atoms with E-state index in [1.54, 1.807) is 0 Å². The molecule has 1 aliphatic rings. The first-order chi connectivity index (χ1) is 13.1. The quantitative estimate of drug-likeness (QED) is 0.648. The minimum absolute atomic E-state index is 0.0573. The summed E-state index contributed by atoms with van der Waals surface area (Å²) in [5.41, 5.74) is -2.33. The molecular formula is C20H17F6NO. The normalized spacial score (nSPS) is 20.2. The van der Waals surface area contributed by atoms with Crippen molar-refractivity contribution in [1.82, 2.24) is 5.32 Å². The Balaban J connectivity index is 1.88. The minimum atomic E-state index is -4.70. The first-order valence-electron chi connectivity index (χ1n) is 8.72. The number of carbonyl (C=O) groups is 1. The van der Waals surface area contributed by atoms with Crippen molar-refractivity contribution >= 4 is 5.91 Å². The van der Waals surface area contributed by atoms with Crippen LogP contribution in [0.15, 0.2) is 48.5 Å². The molecule has 2 nitrogen and oxygen atoms in total. The zero-order valence-corrected chi connectivity index (χ0v) is 14.6. The largest absolute Gasteiger partial charge is 0.417 e. The third-order valence-corrected chi connectivity index (χ3v) is 4.98. The van der Waals surface area contributed by atoms with Crippen LogP contribution in [-0.4, -0.2) is 11.9 Å². The molecule has 0 unspecified atom stereocenters. The van der Waals surface area contributed by atoms with Gasteiger partial charge in [0.1, 0.15) is 0 Å². The third kappa shape index (κ3) is 4.15. The van der Waals surface area contributed by atoms with Gasteiger partial charge in [0.2, 0.25) is 0 Å². The Bertz CT molecular complexity index is 858. The van der Waals surface area contributed by atoms with Gasteiger partial charge in [0.05, 0.1) is 16.7 Å². The maximum atomic E-state index is 13.3. The molecule has 0 saturated heterocycles. The van der Waals surface area contributed by atoms with Crippen LogP contribution in [0.25, 0.3) is 0 Å². The summed E-state index contributed by atoms with van der Waals surface area (Å²) in [5.74, 6) is -1.55. The summed E-state index contributed by atoms with van der Waals surface area (Å²) < 4.78 is 79.4. The average molecular weight is 401 g/mol. The molecule has 0 spiro atoms. The predicted molar refractivity (Wildman–Crippen MR) is 90.7 cm³/mol. The van der Waals surface area contributed by atoms with E-state index in [1.165, 1.54) is 30.3 Å². The van der Waals surface area contributed by atoms with Crippen molar-refractivity contribution in [2.75, 3.05) is 0 Å². The van der Waals surface area contributed by atoms with Crippen molar-refractivity contribution in [2.24, 2.45) is 0 Å². The highest BCUT2D eigenvalue weighted by molar-refractivity contribution is 5.96. The maximum Gasteiger partial charge on any atom is 0.417 e. The molecule has 8 heteroatoms. The van der Waals surface area contributed by atoms with Crippen molar-refractivity contribution in [3.05, 3.63) is 70.8 Å². The summed E-state index contributed by atoms with van der Waals surface area (Å²) in [5, 5.41) is 2.53. The summed E-state index contributed by atoms with van der Waals surface area (Å²) in [6, 6.07) is 8.80. The fourth-order valence-electron chi connectivity index (χ4n) is 3.76. The van der Waals surface area contributed by atoms with Crippen LogP contribution in [0.2, 0.25) is 0 Å². The van der Waals surface area contributed by atoms with Crippen LogP contribution in [-0.2, 0) is 12.4 Å². The highest BCUT2D eigenvalue weighted by Crippen LogP contribution is 2.42. The second-order valence-corrected chi connectivity index (χ2v) is 6.75. The lowest BCUT2D eigenvalue weighted by atomic mass is 9.89. The van der Waals surface area contributed by atoms with Gasteiger partial charge in [-0.3, -0.25) is 4.79 Å². The lowest BCUT2D eigenvalue weighted by Crippen LogP contribution is -2.37. The molecule has 0 heterocycles. The SMILES string of the molecule is O=C(N[C@@H]1CCC[C@@H]1c1ccccc1C(F)(F)F)c1ccccc1C(F)(F)F. The number of hydrogen-bond donors (Lipinski definition) is 1. The third-order valence-electron chi connectivity index (χ3n) is 4.98. The van der Waals surface area contributed by atoms with Gasteiger partial charge in [0.15, 0.2) is 0 Å². The second kappa shape index (κ2) is 7.48. The van der Waals surface area contributed by atoms with Crippen molar-refractivity contribution in [3.8, 4) is 0 Å². The van der Waals surface area contributed by atoms with Gasteiger partial charge >= 0.3 is 12.4 Å². The molecule has 2 aromatic carbocycles. The lowest BCUT2D eigenvalue weighted by Gasteiger charge is -2.25. The molecular weight excluding hydrogens is 384 g/mol. The van der Waals surface area contributed by atoms with E-state index in [0.29, 0.717) is 19.3 Å². The number of halogens is 6. The number of amides is 1. The zero-order valence-electron chi connectivity index (χ0n) is 14.6. The Kier molecular flexibility index (Phi) is 5.41. The molecule has 1 amide bonds. The molecule has 3 rings (SSSR count). The topological polar surface area (TPSA) is 29.1 Å². The smallest absolute Gasteiger partial charge is 0.349 e. The highest BCUT2D eigenvalue weighted by Gasteiger charge is 2.40. The van der Waals surface area contributed by atoms with Crippen molar-refractivity contribution in [3.63, 3.8) is 0 Å². The Morgan fingerprint density at radius 3 is 2.04 bits per heavy atom. The van der Waals surface area contributed by atoms with E-state index in [-0.39, 0.29) is 5.56 Å². The monoisotopic (exact) mass is 401 g/mol. The molecule has 150 valence electrons. The van der Waals surface area contributed by atoms with Crippen LogP contribution in [0.5, 0.6) is 0 Å². The Morgan fingerprint density at radius 1 is 0.821 bits per heavy atom. The Labute approximate surface area is 157 Å². The number of nitrogens with one attached hydrogen (secondary N) is 1. The number of carbonyl (C=O) groups excluding carboxylic acids is 1. The highest BCUT2D eigenvalue weighted by atomic mass is 19.4. The molecule has 28 heavy (non-hydrogen) atoms. The summed E-state index contributed by atoms with van der Waals surface area (Å²) in [4.78, 5) is 12.5. The van der Waals surface area contributed by atoms with E-state index in [1.807, 2.05) is 0 Å². The van der Waals surface area contributed by atoms with Gasteiger partial charge in [0, 0.05) is 12.0 Å². The molecule has 0 radical (unpaired) electrons. The molecule has 1 fully saturated rings. The summed E-state index contributed by atoms with van der Waals surface area (Å²) in [6.07, 6.45) is -7.86. The van der Waals surface area contributed by atoms with Crippen LogP contribution in [0, 0.1) is 0 Å². The van der Waals surface area contributed by atoms with Crippen LogP contribution in [0.3, 0.4) is 0 Å². The molecule has 2 aromatic rings. The second-order valence-electron chi connectivity index (χ2n) is 6.75. The predicted octanol–water partition coefficient (Wildman–Crippen LogP) is 5.79. The van der Waals surface area contributed by atoms with E-state index >= 15 is 0 Å². The van der Waals surface area contributed by atoms with Gasteiger partial charge < -0.3 is 5.32 Å². The zero-order chi connectivity index (χ0) is 20.5.